The average molecular weight is 446 g/mol. The molecule has 0 bridgehead atoms. The van der Waals surface area contributed by atoms with Crippen LogP contribution in [0.4, 0.5) is 5.82 Å². The van der Waals surface area contributed by atoms with Gasteiger partial charge in [0, 0.05) is 15.6 Å². The third-order valence-corrected chi connectivity index (χ3v) is 6.47. The molecule has 1 atom stereocenters. The molecule has 1 aliphatic heterocycles. The first kappa shape index (κ1) is 18.4. The second-order valence-corrected chi connectivity index (χ2v) is 8.40. The molecule has 0 aliphatic carbocycles. The summed E-state index contributed by atoms with van der Waals surface area (Å²) in [5.41, 5.74) is 3.65. The van der Waals surface area contributed by atoms with E-state index >= 15 is 0 Å². The second kappa shape index (κ2) is 7.01. The van der Waals surface area contributed by atoms with Gasteiger partial charge in [0.1, 0.15) is 17.7 Å². The van der Waals surface area contributed by atoms with Gasteiger partial charge in [-0.25, -0.2) is 15.0 Å². The number of thioether (sulfide) groups is 1. The van der Waals surface area contributed by atoms with Crippen molar-refractivity contribution >= 4 is 57.9 Å². The molecule has 4 heterocycles. The maximum Gasteiger partial charge on any atom is 0.235 e. The number of aromatic amines is 1. The lowest BCUT2D eigenvalue weighted by Gasteiger charge is -2.17. The summed E-state index contributed by atoms with van der Waals surface area (Å²) >= 11 is 14.1. The molecule has 146 valence electrons. The number of amides is 1. The van der Waals surface area contributed by atoms with E-state index in [1.54, 1.807) is 23.1 Å². The maximum atomic E-state index is 12.5. The minimum atomic E-state index is -0.193. The van der Waals surface area contributed by atoms with Gasteiger partial charge in [0.05, 0.1) is 23.0 Å². The molecule has 0 unspecified atom stereocenters. The summed E-state index contributed by atoms with van der Waals surface area (Å²) in [4.78, 5) is 28.2. The van der Waals surface area contributed by atoms with Gasteiger partial charge in [-0.3, -0.25) is 4.79 Å². The van der Waals surface area contributed by atoms with Crippen molar-refractivity contribution < 1.29 is 4.79 Å². The quantitative estimate of drug-likeness (QED) is 0.484. The lowest BCUT2D eigenvalue weighted by molar-refractivity contribution is -0.113. The second-order valence-electron chi connectivity index (χ2n) is 6.46. The maximum absolute atomic E-state index is 12.5. The van der Waals surface area contributed by atoms with Crippen molar-refractivity contribution in [1.82, 2.24) is 29.7 Å². The van der Waals surface area contributed by atoms with E-state index in [4.69, 9.17) is 23.2 Å². The zero-order valence-corrected chi connectivity index (χ0v) is 17.3. The van der Waals surface area contributed by atoms with E-state index in [1.165, 1.54) is 18.1 Å². The molecule has 1 aromatic carbocycles. The minimum absolute atomic E-state index is 0.125. The number of carbonyl (C=O) groups is 1. The number of anilines is 1. The number of imidazole rings is 1. The molecule has 0 radical (unpaired) electrons. The van der Waals surface area contributed by atoms with Gasteiger partial charge < -0.3 is 10.3 Å². The van der Waals surface area contributed by atoms with Crippen molar-refractivity contribution in [1.29, 1.82) is 0 Å². The van der Waals surface area contributed by atoms with Gasteiger partial charge in [-0.2, -0.15) is 9.78 Å². The van der Waals surface area contributed by atoms with E-state index in [0.717, 1.165) is 16.8 Å². The summed E-state index contributed by atoms with van der Waals surface area (Å²) in [6, 6.07) is 5.38. The number of rotatable bonds is 2. The Balaban J connectivity index is 1.74. The van der Waals surface area contributed by atoms with Crippen LogP contribution >= 0.6 is 35.0 Å². The van der Waals surface area contributed by atoms with Gasteiger partial charge in [0.25, 0.3) is 0 Å². The van der Waals surface area contributed by atoms with Crippen LogP contribution in [0.3, 0.4) is 0 Å². The van der Waals surface area contributed by atoms with E-state index in [9.17, 15) is 4.79 Å². The largest absolute Gasteiger partial charge is 0.340 e. The minimum Gasteiger partial charge on any atom is -0.340 e. The molecule has 1 amide bonds. The van der Waals surface area contributed by atoms with Crippen LogP contribution in [0.5, 0.6) is 0 Å². The summed E-state index contributed by atoms with van der Waals surface area (Å²) < 4.78 is 1.62. The van der Waals surface area contributed by atoms with Gasteiger partial charge in [-0.1, -0.05) is 29.3 Å². The fourth-order valence-corrected chi connectivity index (χ4v) is 5.22. The van der Waals surface area contributed by atoms with Crippen LogP contribution in [0.2, 0.25) is 10.0 Å². The number of carbonyl (C=O) groups excluding carboxylic acids is 1. The summed E-state index contributed by atoms with van der Waals surface area (Å²) in [6.07, 6.45) is 2.96. The van der Waals surface area contributed by atoms with Crippen LogP contribution in [-0.2, 0) is 4.79 Å². The molecule has 11 heteroatoms. The normalized spacial score (nSPS) is 16.5. The van der Waals surface area contributed by atoms with E-state index in [1.807, 2.05) is 13.0 Å². The number of aromatic nitrogens is 6. The molecule has 0 fully saturated rings. The highest BCUT2D eigenvalue weighted by atomic mass is 35.5. The molecule has 0 spiro atoms. The standard InChI is InChI=1S/C18H13Cl2N7OS/c1-8-13-15(10-3-2-9(19)4-11(10)20)29-5-12(28)25-17(13)27(26-8)18-14-16(22-6-21-14)23-7-24-18/h2-4,6-7,15H,5H2,1H3,(H,25,28)(H,21,22,23,24)/t15-/m1/s1. The molecule has 5 rings (SSSR count). The van der Waals surface area contributed by atoms with Gasteiger partial charge in [0.15, 0.2) is 11.5 Å². The number of benzene rings is 1. The highest BCUT2D eigenvalue weighted by Crippen LogP contribution is 2.46. The Labute approximate surface area is 179 Å². The fourth-order valence-electron chi connectivity index (χ4n) is 3.41. The van der Waals surface area contributed by atoms with Gasteiger partial charge in [-0.15, -0.1) is 11.8 Å². The Morgan fingerprint density at radius 3 is 2.93 bits per heavy atom. The number of fused-ring (bicyclic) bond motifs is 2. The zero-order valence-electron chi connectivity index (χ0n) is 15.0. The van der Waals surface area contributed by atoms with Crippen molar-refractivity contribution in [2.24, 2.45) is 0 Å². The van der Waals surface area contributed by atoms with Crippen LogP contribution in [0, 0.1) is 6.92 Å². The van der Waals surface area contributed by atoms with Crippen LogP contribution in [0.1, 0.15) is 22.1 Å². The molecule has 4 aromatic rings. The third-order valence-electron chi connectivity index (χ3n) is 4.66. The lowest BCUT2D eigenvalue weighted by atomic mass is 10.0. The molecule has 3 aromatic heterocycles. The van der Waals surface area contributed by atoms with Crippen LogP contribution in [0.25, 0.3) is 17.0 Å². The lowest BCUT2D eigenvalue weighted by Crippen LogP contribution is -2.16. The number of nitrogens with one attached hydrogen (secondary N) is 2. The number of hydrogen-bond donors (Lipinski definition) is 2. The van der Waals surface area contributed by atoms with Gasteiger partial charge >= 0.3 is 0 Å². The smallest absolute Gasteiger partial charge is 0.235 e. The monoisotopic (exact) mass is 445 g/mol. The molecule has 0 saturated carbocycles. The number of halogens is 2. The highest BCUT2D eigenvalue weighted by Gasteiger charge is 2.32. The summed E-state index contributed by atoms with van der Waals surface area (Å²) in [5.74, 6) is 1.22. The van der Waals surface area contributed by atoms with E-state index in [2.05, 4.69) is 30.4 Å². The Hall–Kier alpha value is -2.62. The van der Waals surface area contributed by atoms with Crippen LogP contribution < -0.4 is 5.32 Å². The fraction of sp³-hybridized carbons (Fsp3) is 0.167. The topological polar surface area (TPSA) is 101 Å². The Bertz CT molecular complexity index is 1270. The predicted octanol–water partition coefficient (Wildman–Crippen LogP) is 3.93. The number of nitrogens with zero attached hydrogens (tertiary/aromatic N) is 5. The summed E-state index contributed by atoms with van der Waals surface area (Å²) in [7, 11) is 0. The Morgan fingerprint density at radius 1 is 1.24 bits per heavy atom. The molecule has 29 heavy (non-hydrogen) atoms. The van der Waals surface area contributed by atoms with E-state index in [-0.39, 0.29) is 16.9 Å². The molecular weight excluding hydrogens is 433 g/mol. The molecule has 1 aliphatic rings. The summed E-state index contributed by atoms with van der Waals surface area (Å²) in [5, 5.41) is 8.55. The molecular formula is C18H13Cl2N7OS. The number of hydrogen-bond acceptors (Lipinski definition) is 6. The zero-order chi connectivity index (χ0) is 20.1. The third kappa shape index (κ3) is 3.06. The van der Waals surface area contributed by atoms with Crippen molar-refractivity contribution in [3.8, 4) is 5.82 Å². The predicted molar refractivity (Wildman–Crippen MR) is 113 cm³/mol. The van der Waals surface area contributed by atoms with Crippen molar-refractivity contribution in [3.05, 3.63) is 57.7 Å². The number of aryl methyl sites for hydroxylation is 1. The summed E-state index contributed by atoms with van der Waals surface area (Å²) in [6.45, 7) is 1.90. The highest BCUT2D eigenvalue weighted by molar-refractivity contribution is 8.00. The Kier molecular flexibility index (Phi) is 4.45. The van der Waals surface area contributed by atoms with Gasteiger partial charge in [0.2, 0.25) is 5.91 Å². The van der Waals surface area contributed by atoms with Crippen LogP contribution in [0.15, 0.2) is 30.9 Å². The number of H-pyrrole nitrogens is 1. The first-order valence-electron chi connectivity index (χ1n) is 8.63. The van der Waals surface area contributed by atoms with Crippen molar-refractivity contribution in [2.75, 3.05) is 11.1 Å². The first-order chi connectivity index (χ1) is 14.0. The molecule has 2 N–H and O–H groups in total. The van der Waals surface area contributed by atoms with Gasteiger partial charge in [-0.05, 0) is 24.6 Å². The van der Waals surface area contributed by atoms with Crippen LogP contribution in [-0.4, -0.2) is 41.4 Å². The first-order valence-corrected chi connectivity index (χ1v) is 10.4. The van der Waals surface area contributed by atoms with Crippen molar-refractivity contribution in [2.45, 2.75) is 12.2 Å². The van der Waals surface area contributed by atoms with E-state index < -0.39 is 0 Å². The average Bonchev–Trinajstić information content (AvgIpc) is 3.24. The molecule has 0 saturated heterocycles. The Morgan fingerprint density at radius 2 is 2.10 bits per heavy atom. The van der Waals surface area contributed by atoms with Crippen molar-refractivity contribution in [3.63, 3.8) is 0 Å². The SMILES string of the molecule is Cc1nn(-c2ncnc3nc[nH]c23)c2c1[C@@H](c1ccc(Cl)cc1Cl)SCC(=O)N2. The molecule has 8 nitrogen and oxygen atoms in total. The van der Waals surface area contributed by atoms with E-state index in [0.29, 0.717) is 32.8 Å².